The number of carbonyl (C=O) groups excluding carboxylic acids is 6. The molecule has 0 saturated carbocycles. The molecule has 6 atom stereocenters. The zero-order valence-corrected chi connectivity index (χ0v) is 36.9. The summed E-state index contributed by atoms with van der Waals surface area (Å²) in [5.41, 5.74) is 8.38. The van der Waals surface area contributed by atoms with Gasteiger partial charge in [0.05, 0.1) is 12.6 Å². The van der Waals surface area contributed by atoms with Crippen LogP contribution in [-0.2, 0) is 46.4 Å². The second kappa shape index (κ2) is 24.4. The predicted molar refractivity (Wildman–Crippen MR) is 239 cm³/mol. The molecular weight excluding hydrogens is 821 g/mol. The van der Waals surface area contributed by atoms with Crippen LogP contribution in [0.15, 0.2) is 60.8 Å². The minimum Gasteiger partial charge on any atom is -0.480 e. The molecule has 61 heavy (non-hydrogen) atoms. The first-order valence-electron chi connectivity index (χ1n) is 20.6. The fourth-order valence-electron chi connectivity index (χ4n) is 7.21. The molecule has 0 aliphatic carbocycles. The highest BCUT2D eigenvalue weighted by Crippen LogP contribution is 2.22. The Balaban J connectivity index is 1.47. The molecule has 9 N–H and O–H groups in total. The van der Waals surface area contributed by atoms with Gasteiger partial charge < -0.3 is 47.3 Å². The number of likely N-dealkylation sites (tertiary alicyclic amines) is 1. The topological polar surface area (TPSA) is 245 Å². The zero-order chi connectivity index (χ0) is 44.5. The van der Waals surface area contributed by atoms with Gasteiger partial charge in [-0.05, 0) is 79.2 Å². The summed E-state index contributed by atoms with van der Waals surface area (Å²) >= 11 is 3.09. The number of aromatic amines is 1. The van der Waals surface area contributed by atoms with Crippen molar-refractivity contribution in [1.29, 1.82) is 0 Å². The summed E-state index contributed by atoms with van der Waals surface area (Å²) in [7, 11) is 0. The smallest absolute Gasteiger partial charge is 0.326 e. The van der Waals surface area contributed by atoms with E-state index in [1.165, 1.54) is 16.7 Å². The van der Waals surface area contributed by atoms with Crippen molar-refractivity contribution in [3.8, 4) is 0 Å². The van der Waals surface area contributed by atoms with Crippen LogP contribution in [0.25, 0.3) is 10.9 Å². The summed E-state index contributed by atoms with van der Waals surface area (Å²) in [4.78, 5) is 98.5. The molecule has 16 nitrogen and oxygen atoms in total. The van der Waals surface area contributed by atoms with Crippen LogP contribution in [0.2, 0.25) is 0 Å². The highest BCUT2D eigenvalue weighted by molar-refractivity contribution is 7.98. The van der Waals surface area contributed by atoms with Crippen LogP contribution >= 0.6 is 23.5 Å². The van der Waals surface area contributed by atoms with Crippen LogP contribution in [0.5, 0.6) is 0 Å². The van der Waals surface area contributed by atoms with Crippen molar-refractivity contribution in [1.82, 2.24) is 36.5 Å². The van der Waals surface area contributed by atoms with E-state index in [2.05, 4.69) is 31.6 Å². The molecule has 6 amide bonds. The number of aliphatic carboxylic acids is 1. The average Bonchev–Trinajstić information content (AvgIpc) is 3.90. The molecule has 0 unspecified atom stereocenters. The number of rotatable bonds is 24. The van der Waals surface area contributed by atoms with Crippen molar-refractivity contribution in [3.05, 3.63) is 71.9 Å². The van der Waals surface area contributed by atoms with Crippen LogP contribution < -0.4 is 32.3 Å². The Morgan fingerprint density at radius 1 is 0.803 bits per heavy atom. The largest absolute Gasteiger partial charge is 0.480 e. The number of carboxylic acid groups (broad SMARTS) is 1. The molecule has 18 heteroatoms. The summed E-state index contributed by atoms with van der Waals surface area (Å²) in [6, 6.07) is 10.2. The number of carbonyl (C=O) groups is 7. The van der Waals surface area contributed by atoms with Gasteiger partial charge in [-0.2, -0.15) is 23.5 Å². The normalized spacial score (nSPS) is 16.2. The number of nitrogens with two attached hydrogens (primary N) is 1. The molecule has 1 aromatic heterocycles. The molecule has 4 rings (SSSR count). The lowest BCUT2D eigenvalue weighted by molar-refractivity contribution is -0.142. The van der Waals surface area contributed by atoms with Crippen molar-refractivity contribution >= 4 is 75.8 Å². The van der Waals surface area contributed by atoms with Gasteiger partial charge >= 0.3 is 5.97 Å². The van der Waals surface area contributed by atoms with E-state index < -0.39 is 84.2 Å². The van der Waals surface area contributed by atoms with Gasteiger partial charge in [0, 0.05) is 36.5 Å². The van der Waals surface area contributed by atoms with Gasteiger partial charge in [0.15, 0.2) is 0 Å². The lowest BCUT2D eigenvalue weighted by Crippen LogP contribution is -2.58. The van der Waals surface area contributed by atoms with Crippen LogP contribution in [0, 0.1) is 5.92 Å². The molecule has 3 aromatic rings. The van der Waals surface area contributed by atoms with Crippen molar-refractivity contribution in [3.63, 3.8) is 0 Å². The number of hydrogen-bond acceptors (Lipinski definition) is 10. The Labute approximate surface area is 365 Å². The van der Waals surface area contributed by atoms with Crippen molar-refractivity contribution in [2.45, 2.75) is 95.0 Å². The average molecular weight is 881 g/mol. The lowest BCUT2D eigenvalue weighted by atomic mass is 10.0. The summed E-state index contributed by atoms with van der Waals surface area (Å²) in [6.07, 6.45) is 7.50. The number of fused-ring (bicyclic) bond motifs is 1. The van der Waals surface area contributed by atoms with Gasteiger partial charge in [0.25, 0.3) is 0 Å². The number of benzene rings is 2. The van der Waals surface area contributed by atoms with Crippen molar-refractivity contribution < 1.29 is 38.7 Å². The number of thioether (sulfide) groups is 2. The maximum absolute atomic E-state index is 14.1. The molecule has 0 spiro atoms. The third-order valence-corrected chi connectivity index (χ3v) is 11.7. The second-order valence-electron chi connectivity index (χ2n) is 15.6. The van der Waals surface area contributed by atoms with Crippen LogP contribution in [0.3, 0.4) is 0 Å². The maximum atomic E-state index is 14.1. The van der Waals surface area contributed by atoms with Gasteiger partial charge in [0.2, 0.25) is 35.4 Å². The Morgan fingerprint density at radius 2 is 1.48 bits per heavy atom. The van der Waals surface area contributed by atoms with Gasteiger partial charge in [0.1, 0.15) is 30.2 Å². The monoisotopic (exact) mass is 880 g/mol. The maximum Gasteiger partial charge on any atom is 0.326 e. The summed E-state index contributed by atoms with van der Waals surface area (Å²) < 4.78 is 0. The third kappa shape index (κ3) is 14.8. The molecule has 2 aromatic carbocycles. The van der Waals surface area contributed by atoms with Crippen LogP contribution in [-0.4, -0.2) is 130 Å². The van der Waals surface area contributed by atoms with E-state index >= 15 is 0 Å². The minimum atomic E-state index is -1.24. The van der Waals surface area contributed by atoms with Gasteiger partial charge in [-0.25, -0.2) is 4.79 Å². The number of nitrogens with one attached hydrogen (secondary N) is 6. The highest BCUT2D eigenvalue weighted by atomic mass is 32.2. The summed E-state index contributed by atoms with van der Waals surface area (Å²) in [5, 5.41) is 24.2. The molecule has 1 aliphatic rings. The summed E-state index contributed by atoms with van der Waals surface area (Å²) in [6.45, 7) is 3.45. The molecule has 1 aliphatic heterocycles. The number of aromatic nitrogens is 1. The van der Waals surface area contributed by atoms with Crippen LogP contribution in [0.1, 0.15) is 57.1 Å². The van der Waals surface area contributed by atoms with Gasteiger partial charge in [-0.15, -0.1) is 0 Å². The van der Waals surface area contributed by atoms with E-state index in [0.717, 1.165) is 16.5 Å². The number of H-pyrrole nitrogens is 1. The van der Waals surface area contributed by atoms with Crippen molar-refractivity contribution in [2.24, 2.45) is 11.7 Å². The molecule has 0 radical (unpaired) electrons. The van der Waals surface area contributed by atoms with Gasteiger partial charge in [-0.3, -0.25) is 28.8 Å². The Hall–Kier alpha value is -5.07. The van der Waals surface area contributed by atoms with E-state index in [1.54, 1.807) is 48.3 Å². The predicted octanol–water partition coefficient (Wildman–Crippen LogP) is 1.96. The molecule has 332 valence electrons. The molecular formula is C43H60N8O8S2. The lowest BCUT2D eigenvalue weighted by Gasteiger charge is -2.30. The first kappa shape index (κ1) is 48.6. The first-order chi connectivity index (χ1) is 29.2. The number of carboxylic acids is 1. The van der Waals surface area contributed by atoms with E-state index in [1.807, 2.05) is 50.6 Å². The Morgan fingerprint density at radius 3 is 2.16 bits per heavy atom. The zero-order valence-electron chi connectivity index (χ0n) is 35.2. The molecule has 1 saturated heterocycles. The molecule has 1 fully saturated rings. The fraction of sp³-hybridized carbons (Fsp3) is 0.512. The number of nitrogens with zero attached hydrogens (tertiary/aromatic N) is 1. The van der Waals surface area contributed by atoms with Gasteiger partial charge in [-0.1, -0.05) is 62.4 Å². The van der Waals surface area contributed by atoms with E-state index in [0.29, 0.717) is 42.8 Å². The third-order valence-electron chi connectivity index (χ3n) is 10.4. The second-order valence-corrected chi connectivity index (χ2v) is 17.6. The van der Waals surface area contributed by atoms with E-state index in [4.69, 9.17) is 5.73 Å². The number of amides is 6. The number of hydrogen-bond donors (Lipinski definition) is 8. The number of para-hydroxylation sites is 1. The van der Waals surface area contributed by atoms with Crippen molar-refractivity contribution in [2.75, 3.05) is 37.1 Å². The molecule has 0 bridgehead atoms. The Bertz CT molecular complexity index is 1960. The molecule has 2 heterocycles. The standard InChI is InChI=1S/C43H60N8O8S2/c1-26(2)21-33(40(55)50-35(43(58)59)22-27-11-6-5-7-12-27)47-37(52)25-46-39(54)34(23-28-24-45-31-14-9-8-13-29(28)31)49-41(56)36-15-10-18-51(36)42(57)32(17-20-61-4)48-38(53)30(44)16-19-60-3/h5-9,11-14,24,26,30,32-36,45H,10,15-23,25,44H2,1-4H3,(H,46,54)(H,47,52)(H,48,53)(H,49,56)(H,50,55)(H,58,59)/t30-,32-,33-,34-,35-,36-/m0/s1. The first-order valence-corrected chi connectivity index (χ1v) is 23.3. The van der Waals surface area contributed by atoms with E-state index in [-0.39, 0.29) is 31.7 Å². The minimum absolute atomic E-state index is 0.0407. The summed E-state index contributed by atoms with van der Waals surface area (Å²) in [5.74, 6) is -3.44. The SMILES string of the molecule is CSCC[C@H](NC(=O)[C@@H](N)CCSC)C(=O)N1CCC[C@H]1C(=O)N[C@@H](Cc1c[nH]c2ccccc12)C(=O)NCC(=O)N[C@@H](CC(C)C)C(=O)N[C@@H](Cc1ccccc1)C(=O)O. The van der Waals surface area contributed by atoms with E-state index in [9.17, 15) is 38.7 Å². The highest BCUT2D eigenvalue weighted by Gasteiger charge is 2.39. The fourth-order valence-corrected chi connectivity index (χ4v) is 8.17. The van der Waals surface area contributed by atoms with Crippen LogP contribution in [0.4, 0.5) is 0 Å². The quantitative estimate of drug-likeness (QED) is 0.0647. The Kier molecular flexibility index (Phi) is 19.4.